The molecule has 1 N–H and O–H groups in total. The van der Waals surface area contributed by atoms with Gasteiger partial charge >= 0.3 is 0 Å². The topological polar surface area (TPSA) is 101 Å². The quantitative estimate of drug-likeness (QED) is 0.141. The second kappa shape index (κ2) is 11.6. The van der Waals surface area contributed by atoms with Crippen molar-refractivity contribution in [1.29, 1.82) is 0 Å². The van der Waals surface area contributed by atoms with Gasteiger partial charge in [0.05, 0.1) is 23.0 Å². The zero-order valence-electron chi connectivity index (χ0n) is 21.9. The number of anilines is 1. The molecule has 0 spiro atoms. The van der Waals surface area contributed by atoms with Crippen molar-refractivity contribution in [2.45, 2.75) is 38.7 Å². The van der Waals surface area contributed by atoms with Gasteiger partial charge in [-0.15, -0.1) is 0 Å². The summed E-state index contributed by atoms with van der Waals surface area (Å²) < 4.78 is 33.1. The Hall–Kier alpha value is -3.63. The van der Waals surface area contributed by atoms with Crippen molar-refractivity contribution in [2.75, 3.05) is 11.9 Å². The van der Waals surface area contributed by atoms with Crippen molar-refractivity contribution in [3.8, 4) is 11.4 Å². The first-order valence-electron chi connectivity index (χ1n) is 11.5. The van der Waals surface area contributed by atoms with Crippen LogP contribution < -0.4 is 4.90 Å². The molecule has 3 aromatic heterocycles. The van der Waals surface area contributed by atoms with E-state index in [4.69, 9.17) is 32.0 Å². The molecule has 0 aliphatic carbocycles. The average Bonchev–Trinajstić information content (AvgIpc) is 2.86. The number of ether oxygens (including phenoxy) is 1. The summed E-state index contributed by atoms with van der Waals surface area (Å²) in [5, 5.41) is 7.48. The fraction of sp³-hybridized carbons (Fsp3) is 0.269. The van der Waals surface area contributed by atoms with Crippen LogP contribution in [0.5, 0.6) is 0 Å². The maximum Gasteiger partial charge on any atom is 0.165 e. The second-order valence-electron chi connectivity index (χ2n) is 9.23. The summed E-state index contributed by atoms with van der Waals surface area (Å²) in [5.74, 6) is -2.11. The van der Waals surface area contributed by atoms with Crippen LogP contribution in [0.1, 0.15) is 37.9 Å². The lowest BCUT2D eigenvalue weighted by atomic mass is 9.62. The Bertz CT molecular complexity index is 1460. The third kappa shape index (κ3) is 7.07. The molecule has 0 aliphatic heterocycles. The van der Waals surface area contributed by atoms with E-state index in [2.05, 4.69) is 19.9 Å². The van der Waals surface area contributed by atoms with Crippen LogP contribution in [-0.2, 0) is 20.5 Å². The Balaban J connectivity index is 1.98. The highest BCUT2D eigenvalue weighted by molar-refractivity contribution is 6.40. The van der Waals surface area contributed by atoms with E-state index >= 15 is 0 Å². The van der Waals surface area contributed by atoms with Gasteiger partial charge in [-0.25, -0.2) is 18.7 Å². The Labute approximate surface area is 232 Å². The normalized spacial score (nSPS) is 13.1. The molecule has 4 radical (unpaired) electrons. The van der Waals surface area contributed by atoms with Gasteiger partial charge in [-0.3, -0.25) is 14.8 Å². The molecule has 3 aromatic rings. The fourth-order valence-electron chi connectivity index (χ4n) is 3.42. The summed E-state index contributed by atoms with van der Waals surface area (Å²) in [6.45, 7) is 6.70. The SMILES string of the molecule is [B]C([B])(OC(/C=C(/C)N(C)c1cc(-c2ccnc(C(C)(C)O)n2)ncc1C)=C(\Cl)C=O)c1ncc(F)cc1F. The number of aliphatic hydroxyl groups is 1. The monoisotopic (exact) mass is 549 g/mol. The smallest absolute Gasteiger partial charge is 0.165 e. The van der Waals surface area contributed by atoms with E-state index in [1.165, 1.54) is 12.3 Å². The molecule has 0 saturated heterocycles. The van der Waals surface area contributed by atoms with Gasteiger partial charge < -0.3 is 14.7 Å². The summed E-state index contributed by atoms with van der Waals surface area (Å²) in [7, 11) is 13.6. The van der Waals surface area contributed by atoms with E-state index in [0.29, 0.717) is 35.1 Å². The van der Waals surface area contributed by atoms with Gasteiger partial charge in [0.1, 0.15) is 49.4 Å². The first kappa shape index (κ1) is 29.9. The number of hydrogen-bond acceptors (Lipinski definition) is 8. The molecule has 0 atom stereocenters. The number of allylic oxidation sites excluding steroid dienone is 3. The number of pyridine rings is 2. The Morgan fingerprint density at radius 1 is 1.15 bits per heavy atom. The maximum absolute atomic E-state index is 14.3. The fourth-order valence-corrected chi connectivity index (χ4v) is 3.52. The number of nitrogens with zero attached hydrogens (tertiary/aromatic N) is 5. The predicted molar refractivity (Wildman–Crippen MR) is 145 cm³/mol. The number of rotatable bonds is 9. The number of halogens is 3. The van der Waals surface area contributed by atoms with Gasteiger partial charge in [-0.1, -0.05) is 11.6 Å². The minimum Gasteiger partial charge on any atom is -0.499 e. The first-order chi connectivity index (χ1) is 18.1. The predicted octanol–water partition coefficient (Wildman–Crippen LogP) is 3.90. The van der Waals surface area contributed by atoms with Crippen LogP contribution >= 0.6 is 11.6 Å². The molecule has 0 bridgehead atoms. The molecule has 0 saturated carbocycles. The highest BCUT2D eigenvalue weighted by atomic mass is 35.5. The summed E-state index contributed by atoms with van der Waals surface area (Å²) in [4.78, 5) is 29.8. The molecular formula is C26H24B2ClF2N5O3. The lowest BCUT2D eigenvalue weighted by Crippen LogP contribution is -2.33. The highest BCUT2D eigenvalue weighted by Crippen LogP contribution is 2.30. The number of aryl methyl sites for hydroxylation is 1. The van der Waals surface area contributed by atoms with Crippen LogP contribution in [0.4, 0.5) is 14.5 Å². The Morgan fingerprint density at radius 3 is 2.46 bits per heavy atom. The third-order valence-corrected chi connectivity index (χ3v) is 5.84. The van der Waals surface area contributed by atoms with Gasteiger partial charge in [0.15, 0.2) is 12.1 Å². The van der Waals surface area contributed by atoms with E-state index in [1.54, 1.807) is 51.0 Å². The first-order valence-corrected chi connectivity index (χ1v) is 11.9. The molecule has 0 amide bonds. The van der Waals surface area contributed by atoms with Gasteiger partial charge in [-0.05, 0) is 45.4 Å². The number of aldehydes is 1. The largest absolute Gasteiger partial charge is 0.499 e. The Kier molecular flexibility index (Phi) is 8.92. The van der Waals surface area contributed by atoms with Crippen LogP contribution in [0.3, 0.4) is 0 Å². The van der Waals surface area contributed by atoms with Crippen molar-refractivity contribution in [2.24, 2.45) is 0 Å². The molecule has 0 aliphatic rings. The number of carbonyl (C=O) groups is 1. The molecule has 8 nitrogen and oxygen atoms in total. The highest BCUT2D eigenvalue weighted by Gasteiger charge is 2.29. The summed E-state index contributed by atoms with van der Waals surface area (Å²) >= 11 is 6.07. The second-order valence-corrected chi connectivity index (χ2v) is 9.64. The average molecular weight is 550 g/mol. The van der Waals surface area contributed by atoms with E-state index in [1.807, 2.05) is 6.92 Å². The summed E-state index contributed by atoms with van der Waals surface area (Å²) in [6, 6.07) is 4.00. The van der Waals surface area contributed by atoms with Crippen molar-refractivity contribution in [3.63, 3.8) is 0 Å². The van der Waals surface area contributed by atoms with E-state index in [0.717, 1.165) is 11.8 Å². The molecule has 0 fully saturated rings. The van der Waals surface area contributed by atoms with Crippen LogP contribution in [0, 0.1) is 18.6 Å². The zero-order chi connectivity index (χ0) is 29.1. The lowest BCUT2D eigenvalue weighted by Gasteiger charge is -2.29. The lowest BCUT2D eigenvalue weighted by molar-refractivity contribution is -0.104. The molecule has 198 valence electrons. The molecule has 0 aromatic carbocycles. The molecule has 39 heavy (non-hydrogen) atoms. The van der Waals surface area contributed by atoms with E-state index in [9.17, 15) is 18.7 Å². The van der Waals surface area contributed by atoms with Crippen molar-refractivity contribution < 1.29 is 23.4 Å². The van der Waals surface area contributed by atoms with E-state index in [-0.39, 0.29) is 11.6 Å². The standard InChI is InChI=1S/C26H24B2ClF2N5O3/c1-14-11-33-20(19-6-7-32-24(35-19)25(3,4)38)10-21(14)36(5)15(2)8-22(17(29)13-37)39-26(27,28)23-18(31)9-16(30)12-34-23/h6-13,38H,1-5H3/b15-8-,22-17-. The molecule has 0 unspecified atom stereocenters. The summed E-state index contributed by atoms with van der Waals surface area (Å²) in [6.07, 6.45) is 5.59. The summed E-state index contributed by atoms with van der Waals surface area (Å²) in [5.41, 5.74) is 1.18. The number of carbonyl (C=O) groups excluding carboxylic acids is 1. The number of hydrogen-bond donors (Lipinski definition) is 1. The van der Waals surface area contributed by atoms with Gasteiger partial charge in [0, 0.05) is 43.0 Å². The van der Waals surface area contributed by atoms with Crippen molar-refractivity contribution >= 4 is 39.3 Å². The minimum atomic E-state index is -2.39. The molecular weight excluding hydrogens is 525 g/mol. The van der Waals surface area contributed by atoms with Crippen LogP contribution in [0.25, 0.3) is 11.4 Å². The molecule has 3 heterocycles. The van der Waals surface area contributed by atoms with Crippen molar-refractivity contribution in [3.05, 3.63) is 88.1 Å². The van der Waals surface area contributed by atoms with Gasteiger partial charge in [0.2, 0.25) is 0 Å². The maximum atomic E-state index is 14.3. The number of aromatic nitrogens is 4. The van der Waals surface area contributed by atoms with Crippen LogP contribution in [0.2, 0.25) is 0 Å². The van der Waals surface area contributed by atoms with Crippen molar-refractivity contribution in [1.82, 2.24) is 19.9 Å². The molecule has 13 heteroatoms. The van der Waals surface area contributed by atoms with Crippen LogP contribution in [-0.4, -0.2) is 54.1 Å². The van der Waals surface area contributed by atoms with Crippen LogP contribution in [0.15, 0.2) is 59.4 Å². The minimum absolute atomic E-state index is 0.239. The van der Waals surface area contributed by atoms with Gasteiger partial charge in [-0.2, -0.15) is 0 Å². The zero-order valence-corrected chi connectivity index (χ0v) is 22.7. The van der Waals surface area contributed by atoms with E-state index < -0.39 is 33.4 Å². The molecule has 3 rings (SSSR count). The Morgan fingerprint density at radius 2 is 1.85 bits per heavy atom. The third-order valence-electron chi connectivity index (χ3n) is 5.57. The van der Waals surface area contributed by atoms with Gasteiger partial charge in [0.25, 0.3) is 0 Å².